The van der Waals surface area contributed by atoms with Gasteiger partial charge in [0.1, 0.15) is 0 Å². The summed E-state index contributed by atoms with van der Waals surface area (Å²) in [5.74, 6) is 0.508. The van der Waals surface area contributed by atoms with Gasteiger partial charge in [-0.15, -0.1) is 6.58 Å². The molecule has 0 amide bonds. The molecule has 1 heterocycles. The molecule has 0 N–H and O–H groups in total. The molecule has 1 aromatic rings. The molecule has 2 rings (SSSR count). The third kappa shape index (κ3) is 3.48. The van der Waals surface area contributed by atoms with Gasteiger partial charge in [-0.1, -0.05) is 49.8 Å². The highest BCUT2D eigenvalue weighted by atomic mass is 16.5. The van der Waals surface area contributed by atoms with E-state index in [0.717, 1.165) is 25.7 Å². The predicted octanol–water partition coefficient (Wildman–Crippen LogP) is 4.77. The lowest BCUT2D eigenvalue weighted by Gasteiger charge is -2.28. The van der Waals surface area contributed by atoms with E-state index in [1.807, 2.05) is 0 Å². The van der Waals surface area contributed by atoms with Crippen LogP contribution in [0.4, 0.5) is 0 Å². The van der Waals surface area contributed by atoms with Gasteiger partial charge in [0, 0.05) is 5.92 Å². The molecule has 1 nitrogen and oxygen atoms in total. The van der Waals surface area contributed by atoms with Crippen molar-refractivity contribution in [1.82, 2.24) is 0 Å². The van der Waals surface area contributed by atoms with E-state index in [4.69, 9.17) is 4.74 Å². The first kappa shape index (κ1) is 14.3. The highest BCUT2D eigenvalue weighted by Gasteiger charge is 2.42. The maximum atomic E-state index is 6.34. The van der Waals surface area contributed by atoms with Crippen LogP contribution in [0.1, 0.15) is 45.1 Å². The van der Waals surface area contributed by atoms with Crippen molar-refractivity contribution in [3.05, 3.63) is 48.6 Å². The minimum absolute atomic E-state index is 0.0118. The molecule has 1 fully saturated rings. The molecule has 19 heavy (non-hydrogen) atoms. The van der Waals surface area contributed by atoms with Crippen LogP contribution in [0, 0.1) is 5.92 Å². The quantitative estimate of drug-likeness (QED) is 0.668. The lowest BCUT2D eigenvalue weighted by Crippen LogP contribution is -2.30. The molecule has 0 aliphatic carbocycles. The predicted molar refractivity (Wildman–Crippen MR) is 81.3 cm³/mol. The largest absolute Gasteiger partial charge is 0.371 e. The fourth-order valence-corrected chi connectivity index (χ4v) is 3.28. The molecule has 1 heteroatoms. The fraction of sp³-hybridized carbons (Fsp3) is 0.556. The van der Waals surface area contributed by atoms with Crippen molar-refractivity contribution in [3.8, 4) is 0 Å². The average molecular weight is 258 g/mol. The summed E-state index contributed by atoms with van der Waals surface area (Å²) in [7, 11) is 0. The van der Waals surface area contributed by atoms with Crippen molar-refractivity contribution >= 4 is 0 Å². The second-order valence-electron chi connectivity index (χ2n) is 5.90. The molecule has 0 radical (unpaired) electrons. The van der Waals surface area contributed by atoms with E-state index in [0.29, 0.717) is 12.0 Å². The Morgan fingerprint density at radius 3 is 2.74 bits per heavy atom. The SMILES string of the molecule is C=C[C@H]1C[C@@H](CCc2ccccc2)O[C@@]1(C)CCC. The Kier molecular flexibility index (Phi) is 4.81. The third-order valence-electron chi connectivity index (χ3n) is 4.37. The van der Waals surface area contributed by atoms with E-state index in [1.54, 1.807) is 0 Å². The van der Waals surface area contributed by atoms with Crippen molar-refractivity contribution < 1.29 is 4.74 Å². The van der Waals surface area contributed by atoms with Crippen LogP contribution in [0.15, 0.2) is 43.0 Å². The number of benzene rings is 1. The monoisotopic (exact) mass is 258 g/mol. The Morgan fingerprint density at radius 1 is 1.37 bits per heavy atom. The summed E-state index contributed by atoms with van der Waals surface area (Å²) in [4.78, 5) is 0. The molecule has 0 aromatic heterocycles. The topological polar surface area (TPSA) is 9.23 Å². The number of ether oxygens (including phenoxy) is 1. The van der Waals surface area contributed by atoms with Gasteiger partial charge >= 0.3 is 0 Å². The average Bonchev–Trinajstić information content (AvgIpc) is 2.74. The maximum Gasteiger partial charge on any atom is 0.0721 e. The van der Waals surface area contributed by atoms with Gasteiger partial charge in [0.2, 0.25) is 0 Å². The molecular weight excluding hydrogens is 232 g/mol. The van der Waals surface area contributed by atoms with Gasteiger partial charge in [-0.25, -0.2) is 0 Å². The van der Waals surface area contributed by atoms with E-state index in [2.05, 4.69) is 56.8 Å². The van der Waals surface area contributed by atoms with Gasteiger partial charge < -0.3 is 4.74 Å². The summed E-state index contributed by atoms with van der Waals surface area (Å²) >= 11 is 0. The number of aryl methyl sites for hydroxylation is 1. The van der Waals surface area contributed by atoms with Crippen LogP contribution >= 0.6 is 0 Å². The highest BCUT2D eigenvalue weighted by Crippen LogP contribution is 2.41. The Bertz CT molecular complexity index is 397. The first-order valence-electron chi connectivity index (χ1n) is 7.52. The van der Waals surface area contributed by atoms with Gasteiger partial charge in [0.25, 0.3) is 0 Å². The highest BCUT2D eigenvalue weighted by molar-refractivity contribution is 5.15. The Balaban J connectivity index is 1.91. The van der Waals surface area contributed by atoms with Gasteiger partial charge in [-0.2, -0.15) is 0 Å². The van der Waals surface area contributed by atoms with Crippen molar-refractivity contribution in [2.45, 2.75) is 57.7 Å². The normalized spacial score (nSPS) is 30.4. The minimum atomic E-state index is 0.0118. The summed E-state index contributed by atoms with van der Waals surface area (Å²) < 4.78 is 6.34. The zero-order chi connectivity index (χ0) is 13.7. The summed E-state index contributed by atoms with van der Waals surface area (Å²) in [5, 5.41) is 0. The van der Waals surface area contributed by atoms with Crippen LogP contribution < -0.4 is 0 Å². The smallest absolute Gasteiger partial charge is 0.0721 e. The first-order valence-corrected chi connectivity index (χ1v) is 7.52. The Hall–Kier alpha value is -1.08. The van der Waals surface area contributed by atoms with Crippen LogP contribution in [0.25, 0.3) is 0 Å². The molecule has 0 bridgehead atoms. The van der Waals surface area contributed by atoms with Crippen LogP contribution in [0.3, 0.4) is 0 Å². The van der Waals surface area contributed by atoms with E-state index in [1.165, 1.54) is 12.0 Å². The van der Waals surface area contributed by atoms with Crippen LogP contribution in [0.2, 0.25) is 0 Å². The minimum Gasteiger partial charge on any atom is -0.371 e. The molecule has 0 spiro atoms. The van der Waals surface area contributed by atoms with Gasteiger partial charge in [0.15, 0.2) is 0 Å². The van der Waals surface area contributed by atoms with Crippen LogP contribution in [-0.2, 0) is 11.2 Å². The molecular formula is C18H26O. The molecule has 1 saturated heterocycles. The lowest BCUT2D eigenvalue weighted by molar-refractivity contribution is -0.0467. The molecule has 3 atom stereocenters. The van der Waals surface area contributed by atoms with Crippen molar-refractivity contribution in [3.63, 3.8) is 0 Å². The molecule has 1 aromatic carbocycles. The summed E-state index contributed by atoms with van der Waals surface area (Å²) in [6.07, 6.45) is 8.15. The Morgan fingerprint density at radius 2 is 2.11 bits per heavy atom. The summed E-state index contributed by atoms with van der Waals surface area (Å²) in [5.41, 5.74) is 1.42. The van der Waals surface area contributed by atoms with Crippen molar-refractivity contribution in [1.29, 1.82) is 0 Å². The summed E-state index contributed by atoms with van der Waals surface area (Å²) in [6, 6.07) is 10.7. The second kappa shape index (κ2) is 6.38. The van der Waals surface area contributed by atoms with E-state index < -0.39 is 0 Å². The van der Waals surface area contributed by atoms with E-state index in [9.17, 15) is 0 Å². The van der Waals surface area contributed by atoms with E-state index in [-0.39, 0.29) is 5.60 Å². The zero-order valence-electron chi connectivity index (χ0n) is 12.3. The molecule has 0 saturated carbocycles. The fourth-order valence-electron chi connectivity index (χ4n) is 3.28. The summed E-state index contributed by atoms with van der Waals surface area (Å²) in [6.45, 7) is 8.48. The lowest BCUT2D eigenvalue weighted by atomic mass is 9.84. The van der Waals surface area contributed by atoms with Crippen molar-refractivity contribution in [2.75, 3.05) is 0 Å². The first-order chi connectivity index (χ1) is 9.18. The third-order valence-corrected chi connectivity index (χ3v) is 4.37. The number of rotatable bonds is 6. The maximum absolute atomic E-state index is 6.34. The zero-order valence-corrected chi connectivity index (χ0v) is 12.3. The van der Waals surface area contributed by atoms with Gasteiger partial charge in [-0.05, 0) is 38.2 Å². The van der Waals surface area contributed by atoms with Gasteiger partial charge in [-0.3, -0.25) is 0 Å². The standard InChI is InChI=1S/C18H26O/c1-4-13-18(3)16(5-2)14-17(19-18)12-11-15-9-7-6-8-10-15/h5-10,16-17H,2,4,11-14H2,1,3H3/t16-,17+,18-/m0/s1. The molecule has 104 valence electrons. The van der Waals surface area contributed by atoms with Crippen molar-refractivity contribution in [2.24, 2.45) is 5.92 Å². The van der Waals surface area contributed by atoms with Gasteiger partial charge in [0.05, 0.1) is 11.7 Å². The molecule has 1 aliphatic rings. The molecule has 0 unspecified atom stereocenters. The van der Waals surface area contributed by atoms with E-state index >= 15 is 0 Å². The number of hydrogen-bond acceptors (Lipinski definition) is 1. The second-order valence-corrected chi connectivity index (χ2v) is 5.90. The van der Waals surface area contributed by atoms with Crippen LogP contribution in [-0.4, -0.2) is 11.7 Å². The number of hydrogen-bond donors (Lipinski definition) is 0. The van der Waals surface area contributed by atoms with Crippen LogP contribution in [0.5, 0.6) is 0 Å². The Labute approximate surface area is 117 Å². The molecule has 1 aliphatic heterocycles.